The van der Waals surface area contributed by atoms with Gasteiger partial charge in [0.05, 0.1) is 0 Å². The number of hydrogen-bond donors (Lipinski definition) is 0. The fourth-order valence-electron chi connectivity index (χ4n) is 2.75. The Bertz CT molecular complexity index is 397. The third kappa shape index (κ3) is 1.85. The number of hydrogen-bond acceptors (Lipinski definition) is 5. The van der Waals surface area contributed by atoms with Crippen molar-refractivity contribution in [3.63, 3.8) is 0 Å². The van der Waals surface area contributed by atoms with Crippen LogP contribution in [0.2, 0.25) is 0 Å². The molecule has 0 bridgehead atoms. The second-order valence-electron chi connectivity index (χ2n) is 5.76. The lowest BCUT2D eigenvalue weighted by Gasteiger charge is -2.34. The molecule has 3 heterocycles. The lowest BCUT2D eigenvalue weighted by molar-refractivity contribution is -0.220. The second kappa shape index (κ2) is 3.69. The van der Waals surface area contributed by atoms with E-state index in [2.05, 4.69) is 5.92 Å². The Balaban J connectivity index is 1.89. The smallest absolute Gasteiger partial charge is 0.191 e. The molecular weight excluding hydrogens is 236 g/mol. The van der Waals surface area contributed by atoms with Gasteiger partial charge in [-0.3, -0.25) is 0 Å². The lowest BCUT2D eigenvalue weighted by atomic mass is 9.99. The molecule has 3 aliphatic rings. The van der Waals surface area contributed by atoms with Gasteiger partial charge in [-0.05, 0) is 27.7 Å². The summed E-state index contributed by atoms with van der Waals surface area (Å²) < 4.78 is 28.9. The SMILES string of the molecule is C#CC1O[C@@H]2OC(C)(C)OC2C2OC(C)(C)O[C@@H]12. The molecule has 3 saturated heterocycles. The summed E-state index contributed by atoms with van der Waals surface area (Å²) in [5, 5.41) is 0. The fraction of sp³-hybridized carbons (Fsp3) is 0.846. The summed E-state index contributed by atoms with van der Waals surface area (Å²) in [7, 11) is 0. The van der Waals surface area contributed by atoms with Crippen LogP contribution < -0.4 is 0 Å². The molecule has 0 N–H and O–H groups in total. The minimum absolute atomic E-state index is 0.262. The molecule has 5 heteroatoms. The maximum absolute atomic E-state index is 5.89. The first-order valence-electron chi connectivity index (χ1n) is 6.14. The van der Waals surface area contributed by atoms with Gasteiger partial charge in [0.1, 0.15) is 24.4 Å². The summed E-state index contributed by atoms with van der Waals surface area (Å²) in [6.45, 7) is 7.40. The number of rotatable bonds is 0. The van der Waals surface area contributed by atoms with Crippen LogP contribution in [0.1, 0.15) is 27.7 Å². The predicted octanol–water partition coefficient (Wildman–Crippen LogP) is 1.02. The van der Waals surface area contributed by atoms with Crippen molar-refractivity contribution in [1.82, 2.24) is 0 Å². The average molecular weight is 254 g/mol. The maximum Gasteiger partial charge on any atom is 0.191 e. The van der Waals surface area contributed by atoms with Crippen molar-refractivity contribution in [1.29, 1.82) is 0 Å². The van der Waals surface area contributed by atoms with E-state index >= 15 is 0 Å². The molecule has 0 aromatic rings. The number of terminal acetylenes is 1. The summed E-state index contributed by atoms with van der Waals surface area (Å²) in [5.41, 5.74) is 0. The molecule has 5 atom stereocenters. The molecule has 0 aromatic carbocycles. The first-order valence-corrected chi connectivity index (χ1v) is 6.14. The molecule has 3 unspecified atom stereocenters. The molecule has 3 rings (SSSR count). The van der Waals surface area contributed by atoms with Gasteiger partial charge in [-0.1, -0.05) is 5.92 Å². The van der Waals surface area contributed by atoms with Crippen molar-refractivity contribution in [2.45, 2.75) is 70.0 Å². The summed E-state index contributed by atoms with van der Waals surface area (Å²) in [6.07, 6.45) is 3.63. The van der Waals surface area contributed by atoms with E-state index in [-0.39, 0.29) is 18.3 Å². The molecule has 0 aliphatic carbocycles. The number of ether oxygens (including phenoxy) is 5. The molecular formula is C13H18O5. The summed E-state index contributed by atoms with van der Waals surface area (Å²) >= 11 is 0. The topological polar surface area (TPSA) is 46.2 Å². The highest BCUT2D eigenvalue weighted by atomic mass is 16.9. The third-order valence-corrected chi connectivity index (χ3v) is 3.32. The predicted molar refractivity (Wildman–Crippen MR) is 61.4 cm³/mol. The van der Waals surface area contributed by atoms with E-state index in [1.54, 1.807) is 0 Å². The van der Waals surface area contributed by atoms with E-state index in [4.69, 9.17) is 30.1 Å². The van der Waals surface area contributed by atoms with Gasteiger partial charge in [0, 0.05) is 0 Å². The van der Waals surface area contributed by atoms with E-state index in [0.29, 0.717) is 0 Å². The fourth-order valence-corrected chi connectivity index (χ4v) is 2.75. The molecule has 3 fully saturated rings. The van der Waals surface area contributed by atoms with Gasteiger partial charge in [0.15, 0.2) is 17.9 Å². The van der Waals surface area contributed by atoms with E-state index in [9.17, 15) is 0 Å². The highest BCUT2D eigenvalue weighted by Crippen LogP contribution is 2.43. The Morgan fingerprint density at radius 2 is 1.39 bits per heavy atom. The first kappa shape index (κ1) is 12.4. The lowest BCUT2D eigenvalue weighted by Crippen LogP contribution is -2.54. The quantitative estimate of drug-likeness (QED) is 0.604. The van der Waals surface area contributed by atoms with Crippen LogP contribution in [0, 0.1) is 12.3 Å². The highest BCUT2D eigenvalue weighted by molar-refractivity contribution is 5.10. The largest absolute Gasteiger partial charge is 0.341 e. The van der Waals surface area contributed by atoms with Crippen LogP contribution in [0.3, 0.4) is 0 Å². The Labute approximate surface area is 107 Å². The van der Waals surface area contributed by atoms with Gasteiger partial charge in [-0.2, -0.15) is 0 Å². The van der Waals surface area contributed by atoms with Gasteiger partial charge in [0.2, 0.25) is 0 Å². The highest BCUT2D eigenvalue weighted by Gasteiger charge is 2.60. The van der Waals surface area contributed by atoms with Crippen LogP contribution in [0.4, 0.5) is 0 Å². The van der Waals surface area contributed by atoms with Gasteiger partial charge >= 0.3 is 0 Å². The van der Waals surface area contributed by atoms with Crippen LogP contribution in [-0.2, 0) is 23.7 Å². The number of fused-ring (bicyclic) bond motifs is 3. The van der Waals surface area contributed by atoms with Crippen molar-refractivity contribution in [2.24, 2.45) is 0 Å². The van der Waals surface area contributed by atoms with E-state index in [1.807, 2.05) is 27.7 Å². The molecule has 18 heavy (non-hydrogen) atoms. The minimum atomic E-state index is -0.695. The standard InChI is InChI=1S/C13H18O5/c1-6-7-8-9(16-12(2,3)15-8)10-11(14-7)18-13(4,5)17-10/h1,7-11H,2-5H3/t7?,8-,9?,10?,11+/m0/s1. The first-order chi connectivity index (χ1) is 8.31. The van der Waals surface area contributed by atoms with Gasteiger partial charge < -0.3 is 23.7 Å². The van der Waals surface area contributed by atoms with Crippen LogP contribution in [0.25, 0.3) is 0 Å². The maximum atomic E-state index is 5.89. The van der Waals surface area contributed by atoms with Crippen LogP contribution in [0.15, 0.2) is 0 Å². The minimum Gasteiger partial charge on any atom is -0.341 e. The van der Waals surface area contributed by atoms with Crippen LogP contribution in [0.5, 0.6) is 0 Å². The second-order valence-corrected chi connectivity index (χ2v) is 5.76. The van der Waals surface area contributed by atoms with E-state index in [0.717, 1.165) is 0 Å². The van der Waals surface area contributed by atoms with E-state index in [1.165, 1.54) is 0 Å². The van der Waals surface area contributed by atoms with Gasteiger partial charge in [-0.15, -0.1) is 6.42 Å². The van der Waals surface area contributed by atoms with Crippen molar-refractivity contribution in [3.8, 4) is 12.3 Å². The molecule has 0 radical (unpaired) electrons. The Hall–Kier alpha value is -0.640. The van der Waals surface area contributed by atoms with Crippen molar-refractivity contribution >= 4 is 0 Å². The van der Waals surface area contributed by atoms with Gasteiger partial charge in [0.25, 0.3) is 0 Å². The molecule has 5 nitrogen and oxygen atoms in total. The molecule has 0 spiro atoms. The molecule has 100 valence electrons. The Kier molecular flexibility index (Phi) is 2.54. The monoisotopic (exact) mass is 254 g/mol. The van der Waals surface area contributed by atoms with Gasteiger partial charge in [-0.25, -0.2) is 0 Å². The van der Waals surface area contributed by atoms with Crippen molar-refractivity contribution in [3.05, 3.63) is 0 Å². The normalized spacial score (nSPS) is 48.3. The van der Waals surface area contributed by atoms with E-state index < -0.39 is 24.0 Å². The Morgan fingerprint density at radius 1 is 0.833 bits per heavy atom. The molecule has 0 saturated carbocycles. The molecule has 0 amide bonds. The average Bonchev–Trinajstić information content (AvgIpc) is 2.71. The van der Waals surface area contributed by atoms with Crippen molar-refractivity contribution < 1.29 is 23.7 Å². The summed E-state index contributed by atoms with van der Waals surface area (Å²) in [4.78, 5) is 0. The Morgan fingerprint density at radius 3 is 2.06 bits per heavy atom. The summed E-state index contributed by atoms with van der Waals surface area (Å²) in [5.74, 6) is 1.21. The molecule has 3 aliphatic heterocycles. The zero-order valence-corrected chi connectivity index (χ0v) is 11.0. The summed E-state index contributed by atoms with van der Waals surface area (Å²) in [6, 6.07) is 0. The zero-order chi connectivity index (χ0) is 13.1. The van der Waals surface area contributed by atoms with Crippen LogP contribution >= 0.6 is 0 Å². The zero-order valence-electron chi connectivity index (χ0n) is 11.0. The third-order valence-electron chi connectivity index (χ3n) is 3.32. The molecule has 0 aromatic heterocycles. The van der Waals surface area contributed by atoms with Crippen LogP contribution in [-0.4, -0.2) is 42.3 Å². The van der Waals surface area contributed by atoms with Crippen molar-refractivity contribution in [2.75, 3.05) is 0 Å².